The first-order chi connectivity index (χ1) is 7.40. The van der Waals surface area contributed by atoms with Crippen molar-refractivity contribution in [2.24, 2.45) is 0 Å². The van der Waals surface area contributed by atoms with Crippen LogP contribution >= 0.6 is 11.8 Å². The summed E-state index contributed by atoms with van der Waals surface area (Å²) in [4.78, 5) is 4.02. The minimum atomic E-state index is 0.702. The molecule has 1 aliphatic carbocycles. The number of pyridine rings is 1. The van der Waals surface area contributed by atoms with Gasteiger partial charge in [0.05, 0.1) is 0 Å². The summed E-state index contributed by atoms with van der Waals surface area (Å²) in [6, 6.07) is 4.86. The van der Waals surface area contributed by atoms with Crippen molar-refractivity contribution in [2.75, 3.05) is 6.26 Å². The summed E-state index contributed by atoms with van der Waals surface area (Å²) in [5, 5.41) is 4.46. The zero-order valence-corrected chi connectivity index (χ0v) is 9.96. The highest BCUT2D eigenvalue weighted by Gasteiger charge is 2.25. The summed E-state index contributed by atoms with van der Waals surface area (Å²) < 4.78 is 0. The van der Waals surface area contributed by atoms with Crippen LogP contribution in [-0.4, -0.2) is 22.5 Å². The molecule has 1 heterocycles. The molecule has 0 saturated heterocycles. The fraction of sp³-hybridized carbons (Fsp3) is 0.583. The Balaban J connectivity index is 1.83. The first-order valence-corrected chi connectivity index (χ1v) is 6.84. The van der Waals surface area contributed by atoms with E-state index in [1.165, 1.54) is 24.8 Å². The van der Waals surface area contributed by atoms with Crippen molar-refractivity contribution in [3.8, 4) is 0 Å². The number of nitrogens with one attached hydrogen (secondary N) is 1. The molecule has 0 bridgehead atoms. The lowest BCUT2D eigenvalue weighted by Crippen LogP contribution is -2.33. The van der Waals surface area contributed by atoms with Crippen LogP contribution in [0.1, 0.15) is 24.8 Å². The number of nitrogens with zero attached hydrogens (tertiary/aromatic N) is 1. The first kappa shape index (κ1) is 11.0. The van der Waals surface area contributed by atoms with Crippen LogP contribution in [0.25, 0.3) is 0 Å². The molecule has 1 N–H and O–H groups in total. The largest absolute Gasteiger partial charge is 0.309 e. The molecule has 15 heavy (non-hydrogen) atoms. The van der Waals surface area contributed by atoms with E-state index in [4.69, 9.17) is 0 Å². The third-order valence-corrected chi connectivity index (χ3v) is 4.24. The Morgan fingerprint density at radius 2 is 2.20 bits per heavy atom. The molecule has 0 aliphatic heterocycles. The molecule has 1 aromatic heterocycles. The lowest BCUT2D eigenvalue weighted by Gasteiger charge is -2.19. The van der Waals surface area contributed by atoms with Crippen LogP contribution in [0.15, 0.2) is 24.5 Å². The van der Waals surface area contributed by atoms with Crippen LogP contribution in [0.3, 0.4) is 0 Å². The van der Waals surface area contributed by atoms with Crippen LogP contribution in [0.2, 0.25) is 0 Å². The van der Waals surface area contributed by atoms with Crippen molar-refractivity contribution >= 4 is 11.8 Å². The predicted octanol–water partition coefficient (Wildman–Crippen LogP) is 2.46. The highest BCUT2D eigenvalue weighted by Crippen LogP contribution is 2.28. The summed E-state index contributed by atoms with van der Waals surface area (Å²) in [7, 11) is 0. The fourth-order valence-electron chi connectivity index (χ4n) is 2.19. The minimum absolute atomic E-state index is 0.702. The van der Waals surface area contributed by atoms with E-state index in [9.17, 15) is 0 Å². The average molecular weight is 222 g/mol. The minimum Gasteiger partial charge on any atom is -0.309 e. The summed E-state index contributed by atoms with van der Waals surface area (Å²) in [5.74, 6) is 0. The van der Waals surface area contributed by atoms with Gasteiger partial charge < -0.3 is 5.32 Å². The van der Waals surface area contributed by atoms with Crippen LogP contribution in [-0.2, 0) is 6.54 Å². The molecule has 0 amide bonds. The van der Waals surface area contributed by atoms with Crippen molar-refractivity contribution in [3.63, 3.8) is 0 Å². The Labute approximate surface area is 95.9 Å². The number of hydrogen-bond acceptors (Lipinski definition) is 3. The number of aromatic nitrogens is 1. The lowest BCUT2D eigenvalue weighted by molar-refractivity contribution is 0.532. The van der Waals surface area contributed by atoms with E-state index in [1.807, 2.05) is 24.2 Å². The maximum Gasteiger partial charge on any atom is 0.0271 e. The first-order valence-electron chi connectivity index (χ1n) is 5.55. The lowest BCUT2D eigenvalue weighted by atomic mass is 10.2. The molecule has 0 aromatic carbocycles. The summed E-state index contributed by atoms with van der Waals surface area (Å²) in [6.07, 6.45) is 10.0. The fourth-order valence-corrected chi connectivity index (χ4v) is 3.15. The molecule has 0 radical (unpaired) electrons. The van der Waals surface area contributed by atoms with Gasteiger partial charge in [-0.15, -0.1) is 0 Å². The van der Waals surface area contributed by atoms with Gasteiger partial charge in [0.1, 0.15) is 0 Å². The van der Waals surface area contributed by atoms with Gasteiger partial charge in [-0.2, -0.15) is 11.8 Å². The smallest absolute Gasteiger partial charge is 0.0271 e. The molecule has 1 fully saturated rings. The third-order valence-electron chi connectivity index (χ3n) is 3.07. The van der Waals surface area contributed by atoms with Gasteiger partial charge in [0.2, 0.25) is 0 Å². The molecule has 2 unspecified atom stereocenters. The van der Waals surface area contributed by atoms with Gasteiger partial charge in [0.15, 0.2) is 0 Å². The molecule has 0 spiro atoms. The predicted molar refractivity (Wildman–Crippen MR) is 66.0 cm³/mol. The highest BCUT2D eigenvalue weighted by atomic mass is 32.2. The second-order valence-corrected chi connectivity index (χ2v) is 5.12. The molecule has 2 atom stereocenters. The molecule has 1 saturated carbocycles. The van der Waals surface area contributed by atoms with Crippen molar-refractivity contribution < 1.29 is 0 Å². The van der Waals surface area contributed by atoms with Gasteiger partial charge in [-0.1, -0.05) is 6.42 Å². The van der Waals surface area contributed by atoms with Crippen molar-refractivity contribution in [1.82, 2.24) is 10.3 Å². The van der Waals surface area contributed by atoms with E-state index < -0.39 is 0 Å². The van der Waals surface area contributed by atoms with E-state index in [0.29, 0.717) is 6.04 Å². The Kier molecular flexibility index (Phi) is 4.03. The standard InChI is InChI=1S/C12H18N2S/c1-15-12-4-2-3-11(12)14-9-10-5-7-13-8-6-10/h5-8,11-12,14H,2-4,9H2,1H3. The topological polar surface area (TPSA) is 24.9 Å². The van der Waals surface area contributed by atoms with Crippen molar-refractivity contribution in [2.45, 2.75) is 37.1 Å². The van der Waals surface area contributed by atoms with Gasteiger partial charge in [0.25, 0.3) is 0 Å². The Morgan fingerprint density at radius 1 is 1.40 bits per heavy atom. The molecule has 1 aliphatic rings. The Morgan fingerprint density at radius 3 is 2.93 bits per heavy atom. The quantitative estimate of drug-likeness (QED) is 0.847. The summed E-state index contributed by atoms with van der Waals surface area (Å²) >= 11 is 2.00. The second-order valence-electron chi connectivity index (χ2n) is 4.05. The average Bonchev–Trinajstić information content (AvgIpc) is 2.75. The van der Waals surface area contributed by atoms with E-state index in [2.05, 4.69) is 28.7 Å². The molecule has 2 nitrogen and oxygen atoms in total. The summed E-state index contributed by atoms with van der Waals surface area (Å²) in [5.41, 5.74) is 1.33. The maximum atomic E-state index is 4.02. The Bertz CT molecular complexity index is 289. The third kappa shape index (κ3) is 2.95. The maximum absolute atomic E-state index is 4.02. The zero-order valence-electron chi connectivity index (χ0n) is 9.15. The highest BCUT2D eigenvalue weighted by molar-refractivity contribution is 7.99. The van der Waals surface area contributed by atoms with Gasteiger partial charge in [-0.05, 0) is 36.8 Å². The number of thioether (sulfide) groups is 1. The van der Waals surface area contributed by atoms with Gasteiger partial charge in [0, 0.05) is 30.2 Å². The van der Waals surface area contributed by atoms with Crippen LogP contribution in [0, 0.1) is 0 Å². The molecular weight excluding hydrogens is 204 g/mol. The van der Waals surface area contributed by atoms with E-state index in [1.54, 1.807) is 0 Å². The van der Waals surface area contributed by atoms with Gasteiger partial charge in [-0.25, -0.2) is 0 Å². The molecule has 3 heteroatoms. The van der Waals surface area contributed by atoms with Crippen LogP contribution in [0.5, 0.6) is 0 Å². The Hall–Kier alpha value is -0.540. The number of hydrogen-bond donors (Lipinski definition) is 1. The van der Waals surface area contributed by atoms with Crippen LogP contribution in [0.4, 0.5) is 0 Å². The van der Waals surface area contributed by atoms with Crippen molar-refractivity contribution in [1.29, 1.82) is 0 Å². The molecule has 82 valence electrons. The monoisotopic (exact) mass is 222 g/mol. The summed E-state index contributed by atoms with van der Waals surface area (Å²) in [6.45, 7) is 0.976. The normalized spacial score (nSPS) is 25.7. The molecule has 2 rings (SSSR count). The molecule has 1 aromatic rings. The van der Waals surface area contributed by atoms with Gasteiger partial charge >= 0.3 is 0 Å². The SMILES string of the molecule is CSC1CCCC1NCc1ccncc1. The van der Waals surface area contributed by atoms with Crippen LogP contribution < -0.4 is 5.32 Å². The number of rotatable bonds is 4. The zero-order chi connectivity index (χ0) is 10.5. The van der Waals surface area contributed by atoms with E-state index in [0.717, 1.165) is 11.8 Å². The second kappa shape index (κ2) is 5.52. The molecular formula is C12H18N2S. The van der Waals surface area contributed by atoms with Crippen molar-refractivity contribution in [3.05, 3.63) is 30.1 Å². The van der Waals surface area contributed by atoms with Gasteiger partial charge in [-0.3, -0.25) is 4.98 Å². The van der Waals surface area contributed by atoms with E-state index >= 15 is 0 Å². The van der Waals surface area contributed by atoms with E-state index in [-0.39, 0.29) is 0 Å².